The first-order valence-corrected chi connectivity index (χ1v) is 17.2. The number of rotatable bonds is 9. The first kappa shape index (κ1) is 32.2. The van der Waals surface area contributed by atoms with E-state index in [0.717, 1.165) is 25.3 Å². The van der Waals surface area contributed by atoms with Gasteiger partial charge in [-0.15, -0.1) is 0 Å². The maximum atomic E-state index is 13.2. The van der Waals surface area contributed by atoms with E-state index in [1.807, 2.05) is 73.8 Å². The SMILES string of the molecule is O=C(OC1C2CC3C1OC(=O)C3C2C(=O)OCCS(=O)(=O)O)c1ccc([N+](=O)[O-])c(OC(=O)c2cc(I)cc(I)c2I)c1. The second-order valence-electron chi connectivity index (χ2n) is 9.92. The summed E-state index contributed by atoms with van der Waals surface area (Å²) in [6.45, 7) is -0.633. The van der Waals surface area contributed by atoms with Crippen molar-refractivity contribution in [3.05, 3.63) is 62.3 Å². The van der Waals surface area contributed by atoms with Crippen molar-refractivity contribution in [1.29, 1.82) is 0 Å². The molecule has 2 bridgehead atoms. The van der Waals surface area contributed by atoms with E-state index in [1.165, 1.54) is 0 Å². The lowest BCUT2D eigenvalue weighted by molar-refractivity contribution is -0.385. The first-order chi connectivity index (χ1) is 20.2. The van der Waals surface area contributed by atoms with Crippen molar-refractivity contribution in [1.82, 2.24) is 0 Å². The molecule has 1 heterocycles. The molecule has 5 rings (SSSR count). The summed E-state index contributed by atoms with van der Waals surface area (Å²) in [4.78, 5) is 62.5. The first-order valence-electron chi connectivity index (χ1n) is 12.3. The van der Waals surface area contributed by atoms with E-state index in [1.54, 1.807) is 6.07 Å². The van der Waals surface area contributed by atoms with Crippen molar-refractivity contribution >= 4 is 107 Å². The van der Waals surface area contributed by atoms with Gasteiger partial charge in [-0.1, -0.05) is 0 Å². The van der Waals surface area contributed by atoms with Gasteiger partial charge in [-0.25, -0.2) is 9.59 Å². The van der Waals surface area contributed by atoms with Crippen LogP contribution in [0.15, 0.2) is 30.3 Å². The summed E-state index contributed by atoms with van der Waals surface area (Å²) in [6.07, 6.45) is -1.59. The van der Waals surface area contributed by atoms with Gasteiger partial charge in [-0.2, -0.15) is 8.42 Å². The zero-order valence-electron chi connectivity index (χ0n) is 21.3. The Morgan fingerprint density at radius 2 is 1.81 bits per heavy atom. The van der Waals surface area contributed by atoms with Crippen molar-refractivity contribution in [3.8, 4) is 5.75 Å². The third-order valence-electron chi connectivity index (χ3n) is 7.45. The van der Waals surface area contributed by atoms with Crippen LogP contribution in [-0.2, 0) is 33.9 Å². The van der Waals surface area contributed by atoms with E-state index in [0.29, 0.717) is 9.99 Å². The number of hydrogen-bond donors (Lipinski definition) is 1. The molecule has 0 aromatic heterocycles. The van der Waals surface area contributed by atoms with E-state index in [9.17, 15) is 37.7 Å². The molecule has 14 nitrogen and oxygen atoms in total. The summed E-state index contributed by atoms with van der Waals surface area (Å²) in [5.41, 5.74) is -0.593. The standard InChI is InChI=1S/C25H18I3NO13S/c26-10-6-13(19(28)14(27)7-10)23(31)40-16-5-9(1-2-15(16)29(34)35)22(30)41-20-11-8-12-18(25(33)42-21(12)20)17(11)24(32)39-3-4-43(36,37)38/h1-2,5-7,11-12,17-18,20-21H,3-4,8H2,(H,36,37,38). The molecular formula is C25H18I3NO13S. The number of hydrogen-bond acceptors (Lipinski definition) is 12. The Kier molecular flexibility index (Phi) is 9.22. The average Bonchev–Trinajstić information content (AvgIpc) is 3.53. The molecule has 1 aliphatic heterocycles. The summed E-state index contributed by atoms with van der Waals surface area (Å²) in [7, 11) is -4.39. The molecule has 6 unspecified atom stereocenters. The Bertz CT molecular complexity index is 1680. The minimum absolute atomic E-state index is 0.174. The van der Waals surface area contributed by atoms with Crippen LogP contribution in [0.2, 0.25) is 0 Å². The molecule has 2 aromatic carbocycles. The molecule has 43 heavy (non-hydrogen) atoms. The fraction of sp³-hybridized carbons (Fsp3) is 0.360. The molecule has 18 heteroatoms. The molecule has 0 spiro atoms. The van der Waals surface area contributed by atoms with Gasteiger partial charge >= 0.3 is 29.6 Å². The fourth-order valence-electron chi connectivity index (χ4n) is 5.74. The summed E-state index contributed by atoms with van der Waals surface area (Å²) < 4.78 is 54.4. The molecule has 3 fully saturated rings. The van der Waals surface area contributed by atoms with Crippen molar-refractivity contribution in [2.75, 3.05) is 12.4 Å². The molecule has 2 saturated carbocycles. The topological polar surface area (TPSA) is 203 Å². The number of nitro benzene ring substituents is 1. The predicted octanol–water partition coefficient (Wildman–Crippen LogP) is 3.39. The van der Waals surface area contributed by atoms with Gasteiger partial charge in [-0.3, -0.25) is 24.3 Å². The second kappa shape index (κ2) is 12.3. The third-order valence-corrected chi connectivity index (χ3v) is 11.8. The zero-order valence-corrected chi connectivity index (χ0v) is 28.6. The van der Waals surface area contributed by atoms with Gasteiger partial charge in [0.15, 0.2) is 0 Å². The van der Waals surface area contributed by atoms with Gasteiger partial charge in [0.1, 0.15) is 24.6 Å². The van der Waals surface area contributed by atoms with Gasteiger partial charge in [0, 0.05) is 34.7 Å². The van der Waals surface area contributed by atoms with E-state index < -0.39 is 98.6 Å². The maximum absolute atomic E-state index is 13.2. The smallest absolute Gasteiger partial charge is 0.344 e. The number of nitro groups is 1. The Morgan fingerprint density at radius 3 is 2.49 bits per heavy atom. The van der Waals surface area contributed by atoms with Crippen LogP contribution in [0.25, 0.3) is 0 Å². The largest absolute Gasteiger partial charge is 0.464 e. The van der Waals surface area contributed by atoms with Crippen LogP contribution < -0.4 is 4.74 Å². The number of esters is 4. The summed E-state index contributed by atoms with van der Waals surface area (Å²) >= 11 is 6.02. The van der Waals surface area contributed by atoms with Crippen LogP contribution in [0.5, 0.6) is 5.75 Å². The highest BCUT2D eigenvalue weighted by molar-refractivity contribution is 14.1. The molecule has 3 aliphatic rings. The molecule has 2 aliphatic carbocycles. The molecule has 0 radical (unpaired) electrons. The molecule has 1 saturated heterocycles. The van der Waals surface area contributed by atoms with Gasteiger partial charge in [0.2, 0.25) is 5.75 Å². The minimum atomic E-state index is -4.39. The lowest BCUT2D eigenvalue weighted by Crippen LogP contribution is -2.44. The van der Waals surface area contributed by atoms with Crippen LogP contribution in [0.1, 0.15) is 27.1 Å². The van der Waals surface area contributed by atoms with Crippen LogP contribution in [0.4, 0.5) is 5.69 Å². The van der Waals surface area contributed by atoms with Crippen LogP contribution in [0.3, 0.4) is 0 Å². The van der Waals surface area contributed by atoms with E-state index in [2.05, 4.69) is 0 Å². The Balaban J connectivity index is 1.36. The van der Waals surface area contributed by atoms with Crippen LogP contribution in [-0.4, -0.2) is 66.3 Å². The van der Waals surface area contributed by atoms with Gasteiger partial charge in [0.05, 0.1) is 27.9 Å². The summed E-state index contributed by atoms with van der Waals surface area (Å²) in [5.74, 6) is -7.76. The lowest BCUT2D eigenvalue weighted by atomic mass is 9.78. The van der Waals surface area contributed by atoms with E-state index in [4.69, 9.17) is 23.5 Å². The van der Waals surface area contributed by atoms with Gasteiger partial charge < -0.3 is 18.9 Å². The molecule has 1 N–H and O–H groups in total. The second-order valence-corrected chi connectivity index (χ2v) is 15.0. The molecular weight excluding hydrogens is 935 g/mol. The fourth-order valence-corrected chi connectivity index (χ4v) is 8.41. The van der Waals surface area contributed by atoms with Crippen molar-refractivity contribution in [2.24, 2.45) is 23.7 Å². The Morgan fingerprint density at radius 1 is 1.09 bits per heavy atom. The number of halogens is 3. The quantitative estimate of drug-likeness (QED) is 0.0561. The van der Waals surface area contributed by atoms with Crippen LogP contribution in [0, 0.1) is 44.5 Å². The number of benzene rings is 2. The maximum Gasteiger partial charge on any atom is 0.344 e. The molecule has 6 atom stereocenters. The minimum Gasteiger partial charge on any atom is -0.464 e. The van der Waals surface area contributed by atoms with Gasteiger partial charge in [-0.05, 0) is 92.4 Å². The monoisotopic (exact) mass is 953 g/mol. The van der Waals surface area contributed by atoms with Crippen molar-refractivity contribution in [2.45, 2.75) is 18.6 Å². The highest BCUT2D eigenvalue weighted by atomic mass is 127. The third kappa shape index (κ3) is 6.47. The number of nitrogens with zero attached hydrogens (tertiary/aromatic N) is 1. The van der Waals surface area contributed by atoms with Gasteiger partial charge in [0.25, 0.3) is 10.1 Å². The number of ether oxygens (including phenoxy) is 4. The van der Waals surface area contributed by atoms with Crippen LogP contribution >= 0.6 is 67.8 Å². The van der Waals surface area contributed by atoms with E-state index in [-0.39, 0.29) is 11.1 Å². The van der Waals surface area contributed by atoms with Crippen molar-refractivity contribution < 1.29 is 56.0 Å². The Hall–Kier alpha value is -2.18. The molecule has 2 aromatic rings. The number of carbonyl (C=O) groups is 4. The summed E-state index contributed by atoms with van der Waals surface area (Å²) in [6, 6.07) is 6.51. The normalized spacial score (nSPS) is 25.3. The highest BCUT2D eigenvalue weighted by Gasteiger charge is 2.70. The molecule has 228 valence electrons. The highest BCUT2D eigenvalue weighted by Crippen LogP contribution is 2.59. The van der Waals surface area contributed by atoms with E-state index >= 15 is 0 Å². The predicted molar refractivity (Wildman–Crippen MR) is 168 cm³/mol. The number of fused-ring (bicyclic) bond motifs is 1. The zero-order chi connectivity index (χ0) is 31.4. The lowest BCUT2D eigenvalue weighted by Gasteiger charge is -2.30. The number of carbonyl (C=O) groups excluding carboxylic acids is 4. The summed E-state index contributed by atoms with van der Waals surface area (Å²) in [5, 5.41) is 11.7. The average molecular weight is 953 g/mol. The van der Waals surface area contributed by atoms with Crippen molar-refractivity contribution in [3.63, 3.8) is 0 Å². The Labute approximate surface area is 283 Å². The molecule has 0 amide bonds.